The van der Waals surface area contributed by atoms with E-state index in [4.69, 9.17) is 9.47 Å². The Bertz CT molecular complexity index is 704. The number of nitrogens with zero attached hydrogens (tertiary/aromatic N) is 2. The van der Waals surface area contributed by atoms with Gasteiger partial charge in [0, 0.05) is 31.6 Å². The monoisotopic (exact) mass is 359 g/mol. The summed E-state index contributed by atoms with van der Waals surface area (Å²) >= 11 is 0. The van der Waals surface area contributed by atoms with Crippen LogP contribution in [0.4, 0.5) is 18.9 Å². The van der Waals surface area contributed by atoms with Crippen LogP contribution in [0.1, 0.15) is 12.8 Å². The molecule has 0 aliphatic carbocycles. The molecule has 0 atom stereocenters. The summed E-state index contributed by atoms with van der Waals surface area (Å²) in [5, 5.41) is 7.45. The first-order valence-corrected chi connectivity index (χ1v) is 7.22. The molecule has 0 unspecified atom stereocenters. The lowest BCUT2D eigenvalue weighted by atomic mass is 10.1. The molecule has 1 N–H and O–H groups in total. The van der Waals surface area contributed by atoms with Crippen LogP contribution in [0.5, 0.6) is 11.5 Å². The van der Waals surface area contributed by atoms with Gasteiger partial charge in [-0.3, -0.25) is 9.59 Å². The van der Waals surface area contributed by atoms with Crippen LogP contribution in [0.15, 0.2) is 23.3 Å². The van der Waals surface area contributed by atoms with E-state index in [0.29, 0.717) is 0 Å². The van der Waals surface area contributed by atoms with Crippen LogP contribution in [0.25, 0.3) is 0 Å². The molecule has 2 rings (SSSR count). The van der Waals surface area contributed by atoms with Crippen molar-refractivity contribution in [1.82, 2.24) is 5.01 Å². The molecule has 0 saturated heterocycles. The van der Waals surface area contributed by atoms with E-state index in [1.54, 1.807) is 0 Å². The molecule has 10 heteroatoms. The third-order valence-corrected chi connectivity index (χ3v) is 3.28. The SMILES string of the molecule is COc1ccc(NC(=O)C2=NN(C)C(=O)CC2)cc1OCC(F)(F)F. The second kappa shape index (κ2) is 7.41. The molecule has 0 bridgehead atoms. The number of methoxy groups -OCH3 is 1. The molecule has 0 radical (unpaired) electrons. The molecule has 1 heterocycles. The Balaban J connectivity index is 2.13. The van der Waals surface area contributed by atoms with Crippen molar-refractivity contribution in [2.24, 2.45) is 5.10 Å². The van der Waals surface area contributed by atoms with Crippen LogP contribution in [0.2, 0.25) is 0 Å². The molecule has 0 aromatic heterocycles. The largest absolute Gasteiger partial charge is 0.493 e. The molecule has 2 amide bonds. The summed E-state index contributed by atoms with van der Waals surface area (Å²) in [7, 11) is 2.73. The number of hydrazone groups is 1. The molecule has 0 spiro atoms. The molecule has 1 aromatic rings. The predicted molar refractivity (Wildman–Crippen MR) is 82.6 cm³/mol. The molecular formula is C15H16F3N3O4. The second-order valence-corrected chi connectivity index (χ2v) is 5.19. The highest BCUT2D eigenvalue weighted by molar-refractivity contribution is 6.43. The predicted octanol–water partition coefficient (Wildman–Crippen LogP) is 2.18. The Morgan fingerprint density at radius 1 is 1.32 bits per heavy atom. The summed E-state index contributed by atoms with van der Waals surface area (Å²) in [6, 6.07) is 4.05. The van der Waals surface area contributed by atoms with Crippen LogP contribution < -0.4 is 14.8 Å². The van der Waals surface area contributed by atoms with Crippen molar-refractivity contribution in [3.05, 3.63) is 18.2 Å². The number of nitrogens with one attached hydrogen (secondary N) is 1. The molecular weight excluding hydrogens is 343 g/mol. The van der Waals surface area contributed by atoms with E-state index in [0.717, 1.165) is 5.01 Å². The van der Waals surface area contributed by atoms with Crippen LogP contribution >= 0.6 is 0 Å². The minimum absolute atomic E-state index is 0.0996. The van der Waals surface area contributed by atoms with Gasteiger partial charge in [0.05, 0.1) is 7.11 Å². The zero-order valence-corrected chi connectivity index (χ0v) is 13.5. The number of anilines is 1. The molecule has 1 aliphatic heterocycles. The highest BCUT2D eigenvalue weighted by Crippen LogP contribution is 2.31. The van der Waals surface area contributed by atoms with Crippen molar-refractivity contribution in [2.45, 2.75) is 19.0 Å². The van der Waals surface area contributed by atoms with Gasteiger partial charge >= 0.3 is 6.18 Å². The first kappa shape index (κ1) is 18.6. The van der Waals surface area contributed by atoms with Gasteiger partial charge in [0.25, 0.3) is 5.91 Å². The van der Waals surface area contributed by atoms with Gasteiger partial charge in [0.15, 0.2) is 18.1 Å². The number of ether oxygens (including phenoxy) is 2. The van der Waals surface area contributed by atoms with Crippen molar-refractivity contribution in [1.29, 1.82) is 0 Å². The summed E-state index contributed by atoms with van der Waals surface area (Å²) < 4.78 is 46.6. The third-order valence-electron chi connectivity index (χ3n) is 3.28. The Kier molecular flexibility index (Phi) is 5.50. The van der Waals surface area contributed by atoms with Gasteiger partial charge in [0.1, 0.15) is 5.71 Å². The van der Waals surface area contributed by atoms with Gasteiger partial charge in [-0.05, 0) is 12.1 Å². The Hall–Kier alpha value is -2.78. The first-order chi connectivity index (χ1) is 11.7. The van der Waals surface area contributed by atoms with E-state index in [1.165, 1.54) is 32.4 Å². The summed E-state index contributed by atoms with van der Waals surface area (Å²) in [6.45, 7) is -1.49. The fraction of sp³-hybridized carbons (Fsp3) is 0.400. The molecule has 1 aromatic carbocycles. The summed E-state index contributed by atoms with van der Waals surface area (Å²) in [6.07, 6.45) is -4.16. The van der Waals surface area contributed by atoms with Crippen LogP contribution in [-0.4, -0.2) is 49.5 Å². The number of hydrogen-bond donors (Lipinski definition) is 1. The molecule has 136 valence electrons. The number of halogens is 3. The lowest BCUT2D eigenvalue weighted by Crippen LogP contribution is -2.34. The van der Waals surface area contributed by atoms with Crippen LogP contribution in [0.3, 0.4) is 0 Å². The molecule has 7 nitrogen and oxygen atoms in total. The van der Waals surface area contributed by atoms with Gasteiger partial charge in [0.2, 0.25) is 5.91 Å². The molecule has 0 fully saturated rings. The van der Waals surface area contributed by atoms with Crippen molar-refractivity contribution in [3.8, 4) is 11.5 Å². The topological polar surface area (TPSA) is 80.2 Å². The maximum Gasteiger partial charge on any atom is 0.422 e. The highest BCUT2D eigenvalue weighted by atomic mass is 19.4. The number of carbonyl (C=O) groups is 2. The summed E-state index contributed by atoms with van der Waals surface area (Å²) in [5.74, 6) is -0.812. The van der Waals surface area contributed by atoms with E-state index >= 15 is 0 Å². The Morgan fingerprint density at radius 3 is 2.64 bits per heavy atom. The van der Waals surface area contributed by atoms with E-state index in [2.05, 4.69) is 10.4 Å². The standard InChI is InChI=1S/C15H16F3N3O4/c1-21-13(22)6-4-10(20-21)14(23)19-9-3-5-11(24-2)12(7-9)25-8-15(16,17)18/h3,5,7H,4,6,8H2,1-2H3,(H,19,23). The van der Waals surface area contributed by atoms with Gasteiger partial charge < -0.3 is 14.8 Å². The normalized spacial score (nSPS) is 14.8. The van der Waals surface area contributed by atoms with Crippen LogP contribution in [0, 0.1) is 0 Å². The fourth-order valence-electron chi connectivity index (χ4n) is 2.06. The molecule has 0 saturated carbocycles. The van der Waals surface area contributed by atoms with E-state index in [1.807, 2.05) is 0 Å². The Morgan fingerprint density at radius 2 is 2.04 bits per heavy atom. The fourth-order valence-corrected chi connectivity index (χ4v) is 2.06. The molecule has 1 aliphatic rings. The van der Waals surface area contributed by atoms with Crippen molar-refractivity contribution in [3.63, 3.8) is 0 Å². The highest BCUT2D eigenvalue weighted by Gasteiger charge is 2.29. The number of benzene rings is 1. The second-order valence-electron chi connectivity index (χ2n) is 5.19. The number of rotatable bonds is 5. The average molecular weight is 359 g/mol. The van der Waals surface area contributed by atoms with E-state index < -0.39 is 18.7 Å². The number of hydrogen-bond acceptors (Lipinski definition) is 5. The van der Waals surface area contributed by atoms with Gasteiger partial charge in [-0.2, -0.15) is 18.3 Å². The lowest BCUT2D eigenvalue weighted by Gasteiger charge is -2.19. The quantitative estimate of drug-likeness (QED) is 0.874. The first-order valence-electron chi connectivity index (χ1n) is 7.22. The van der Waals surface area contributed by atoms with Crippen molar-refractivity contribution in [2.75, 3.05) is 26.1 Å². The lowest BCUT2D eigenvalue weighted by molar-refractivity contribution is -0.153. The van der Waals surface area contributed by atoms with E-state index in [-0.39, 0.29) is 41.6 Å². The maximum atomic E-state index is 12.3. The van der Waals surface area contributed by atoms with E-state index in [9.17, 15) is 22.8 Å². The van der Waals surface area contributed by atoms with Gasteiger partial charge in [-0.15, -0.1) is 0 Å². The molecule has 25 heavy (non-hydrogen) atoms. The van der Waals surface area contributed by atoms with Gasteiger partial charge in [-0.1, -0.05) is 0 Å². The zero-order valence-electron chi connectivity index (χ0n) is 13.5. The average Bonchev–Trinajstić information content (AvgIpc) is 2.55. The van der Waals surface area contributed by atoms with Crippen molar-refractivity contribution >= 4 is 23.2 Å². The van der Waals surface area contributed by atoms with Gasteiger partial charge in [-0.25, -0.2) is 5.01 Å². The maximum absolute atomic E-state index is 12.3. The summed E-state index contributed by atoms with van der Waals surface area (Å²) in [4.78, 5) is 23.5. The van der Waals surface area contributed by atoms with Crippen LogP contribution in [-0.2, 0) is 9.59 Å². The minimum Gasteiger partial charge on any atom is -0.493 e. The number of alkyl halides is 3. The Labute approximate surface area is 141 Å². The number of amides is 2. The third kappa shape index (κ3) is 5.10. The van der Waals surface area contributed by atoms with Crippen molar-refractivity contribution < 1.29 is 32.2 Å². The zero-order chi connectivity index (χ0) is 18.6. The minimum atomic E-state index is -4.50. The summed E-state index contributed by atoms with van der Waals surface area (Å²) in [5.41, 5.74) is 0.362. The smallest absolute Gasteiger partial charge is 0.422 e. The number of carbonyl (C=O) groups excluding carboxylic acids is 2.